The van der Waals surface area contributed by atoms with E-state index in [1.165, 1.54) is 0 Å². The second-order valence-corrected chi connectivity index (χ2v) is 5.65. The summed E-state index contributed by atoms with van der Waals surface area (Å²) < 4.78 is 29.8. The molecule has 0 saturated carbocycles. The van der Waals surface area contributed by atoms with Gasteiger partial charge in [-0.2, -0.15) is 0 Å². The second kappa shape index (κ2) is 8.97. The highest BCUT2D eigenvalue weighted by atomic mass is 19.3. The van der Waals surface area contributed by atoms with Crippen molar-refractivity contribution in [3.8, 4) is 0 Å². The normalized spacial score (nSPS) is 20.0. The van der Waals surface area contributed by atoms with Gasteiger partial charge in [0.25, 0.3) is 6.43 Å². The maximum atomic E-state index is 12.3. The van der Waals surface area contributed by atoms with Crippen LogP contribution in [-0.4, -0.2) is 98.6 Å². The van der Waals surface area contributed by atoms with E-state index in [0.717, 1.165) is 0 Å². The Balaban J connectivity index is 1.61. The number of hydrogen-bond acceptors (Lipinski definition) is 4. The standard InChI is InChI=1S/C14H24F2N4O3/c15-12(16)11-18-3-5-20(6-4-18)14(22)17-2-1-13(21)19-7-9-23-10-8-19/h12H,1-11H2,(H,17,22). The maximum absolute atomic E-state index is 12.3. The largest absolute Gasteiger partial charge is 0.378 e. The fourth-order valence-electron chi connectivity index (χ4n) is 2.69. The molecule has 132 valence electrons. The lowest BCUT2D eigenvalue weighted by Crippen LogP contribution is -2.52. The van der Waals surface area contributed by atoms with Gasteiger partial charge in [-0.25, -0.2) is 13.6 Å². The number of amides is 3. The Kier molecular flexibility index (Phi) is 6.97. The van der Waals surface area contributed by atoms with Gasteiger partial charge in [-0.05, 0) is 0 Å². The average Bonchev–Trinajstić information content (AvgIpc) is 2.55. The third-order valence-electron chi connectivity index (χ3n) is 4.03. The van der Waals surface area contributed by atoms with E-state index in [9.17, 15) is 18.4 Å². The van der Waals surface area contributed by atoms with Crippen LogP contribution in [0.2, 0.25) is 0 Å². The number of morpholine rings is 1. The number of nitrogens with zero attached hydrogens (tertiary/aromatic N) is 3. The van der Waals surface area contributed by atoms with Crippen molar-refractivity contribution in [2.24, 2.45) is 0 Å². The van der Waals surface area contributed by atoms with Crippen LogP contribution in [0, 0.1) is 0 Å². The smallest absolute Gasteiger partial charge is 0.317 e. The van der Waals surface area contributed by atoms with E-state index in [1.807, 2.05) is 0 Å². The summed E-state index contributed by atoms with van der Waals surface area (Å²) in [5, 5.41) is 2.72. The fraction of sp³-hybridized carbons (Fsp3) is 0.857. The number of rotatable bonds is 5. The summed E-state index contributed by atoms with van der Waals surface area (Å²) in [6.45, 7) is 4.09. The molecule has 0 radical (unpaired) electrons. The molecule has 23 heavy (non-hydrogen) atoms. The van der Waals surface area contributed by atoms with Gasteiger partial charge >= 0.3 is 6.03 Å². The Morgan fingerprint density at radius 1 is 1.00 bits per heavy atom. The zero-order valence-electron chi connectivity index (χ0n) is 13.2. The number of nitrogens with one attached hydrogen (secondary N) is 1. The molecule has 0 atom stereocenters. The Morgan fingerprint density at radius 2 is 1.65 bits per heavy atom. The minimum absolute atomic E-state index is 0.00959. The second-order valence-electron chi connectivity index (χ2n) is 5.65. The molecule has 3 amide bonds. The molecule has 0 aromatic heterocycles. The van der Waals surface area contributed by atoms with E-state index in [0.29, 0.717) is 52.5 Å². The lowest BCUT2D eigenvalue weighted by atomic mass is 10.3. The average molecular weight is 334 g/mol. The number of urea groups is 1. The highest BCUT2D eigenvalue weighted by molar-refractivity contribution is 5.78. The molecule has 9 heteroatoms. The van der Waals surface area contributed by atoms with Crippen molar-refractivity contribution in [2.45, 2.75) is 12.8 Å². The Bertz CT molecular complexity index is 397. The number of piperazine rings is 1. The first-order valence-electron chi connectivity index (χ1n) is 7.95. The molecule has 7 nitrogen and oxygen atoms in total. The topological polar surface area (TPSA) is 65.1 Å². The summed E-state index contributed by atoms with van der Waals surface area (Å²) in [5.74, 6) is 0.00959. The zero-order valence-corrected chi connectivity index (χ0v) is 13.2. The van der Waals surface area contributed by atoms with Gasteiger partial charge in [-0.15, -0.1) is 0 Å². The number of alkyl halides is 2. The fourth-order valence-corrected chi connectivity index (χ4v) is 2.69. The summed E-state index contributed by atoms with van der Waals surface area (Å²) in [5.41, 5.74) is 0. The van der Waals surface area contributed by atoms with Gasteiger partial charge in [0.05, 0.1) is 19.8 Å². The quantitative estimate of drug-likeness (QED) is 0.758. The van der Waals surface area contributed by atoms with Crippen LogP contribution < -0.4 is 5.32 Å². The Morgan fingerprint density at radius 3 is 2.26 bits per heavy atom. The SMILES string of the molecule is O=C(CCNC(=O)N1CCN(CC(F)F)CC1)N1CCOCC1. The van der Waals surface area contributed by atoms with Crippen molar-refractivity contribution >= 4 is 11.9 Å². The van der Waals surface area contributed by atoms with Crippen molar-refractivity contribution in [1.29, 1.82) is 0 Å². The van der Waals surface area contributed by atoms with Gasteiger partial charge in [-0.3, -0.25) is 9.69 Å². The molecule has 2 aliphatic rings. The molecule has 0 aromatic carbocycles. The van der Waals surface area contributed by atoms with E-state index < -0.39 is 6.43 Å². The summed E-state index contributed by atoms with van der Waals surface area (Å²) in [6, 6.07) is -0.239. The van der Waals surface area contributed by atoms with Crippen molar-refractivity contribution in [3.05, 3.63) is 0 Å². The van der Waals surface area contributed by atoms with Gasteiger partial charge in [0, 0.05) is 52.2 Å². The Hall–Kier alpha value is -1.48. The predicted octanol–water partition coefficient (Wildman–Crippen LogP) is -0.172. The number of ether oxygens (including phenoxy) is 1. The molecule has 0 bridgehead atoms. The summed E-state index contributed by atoms with van der Waals surface area (Å²) in [4.78, 5) is 28.9. The summed E-state index contributed by atoms with van der Waals surface area (Å²) in [6.07, 6.45) is -2.08. The Labute approximate surface area is 134 Å². The molecular weight excluding hydrogens is 310 g/mol. The molecule has 2 aliphatic heterocycles. The maximum Gasteiger partial charge on any atom is 0.317 e. The van der Waals surface area contributed by atoms with Gasteiger partial charge in [0.1, 0.15) is 0 Å². The van der Waals surface area contributed by atoms with E-state index in [1.54, 1.807) is 14.7 Å². The minimum atomic E-state index is -2.35. The molecular formula is C14H24F2N4O3. The van der Waals surface area contributed by atoms with Crippen LogP contribution in [0.5, 0.6) is 0 Å². The lowest BCUT2D eigenvalue weighted by molar-refractivity contribution is -0.135. The van der Waals surface area contributed by atoms with Crippen LogP contribution in [0.15, 0.2) is 0 Å². The number of carbonyl (C=O) groups is 2. The van der Waals surface area contributed by atoms with Crippen molar-refractivity contribution in [1.82, 2.24) is 20.0 Å². The van der Waals surface area contributed by atoms with Crippen molar-refractivity contribution in [3.63, 3.8) is 0 Å². The van der Waals surface area contributed by atoms with Gasteiger partial charge in [-0.1, -0.05) is 0 Å². The predicted molar refractivity (Wildman–Crippen MR) is 79.4 cm³/mol. The first-order valence-corrected chi connectivity index (χ1v) is 7.95. The number of carbonyl (C=O) groups excluding carboxylic acids is 2. The molecule has 0 aliphatic carbocycles. The van der Waals surface area contributed by atoms with E-state index in [4.69, 9.17) is 4.74 Å². The highest BCUT2D eigenvalue weighted by Gasteiger charge is 2.23. The van der Waals surface area contributed by atoms with Crippen LogP contribution >= 0.6 is 0 Å². The molecule has 0 unspecified atom stereocenters. The molecule has 2 rings (SSSR count). The van der Waals surface area contributed by atoms with E-state index >= 15 is 0 Å². The summed E-state index contributed by atoms with van der Waals surface area (Å²) in [7, 11) is 0. The third kappa shape index (κ3) is 5.91. The molecule has 2 saturated heterocycles. The van der Waals surface area contributed by atoms with E-state index in [-0.39, 0.29) is 31.4 Å². The van der Waals surface area contributed by atoms with Crippen LogP contribution in [0.3, 0.4) is 0 Å². The zero-order chi connectivity index (χ0) is 16.7. The van der Waals surface area contributed by atoms with Gasteiger partial charge in [0.15, 0.2) is 0 Å². The van der Waals surface area contributed by atoms with Crippen molar-refractivity contribution in [2.75, 3.05) is 65.6 Å². The molecule has 2 fully saturated rings. The molecule has 2 heterocycles. The first-order chi connectivity index (χ1) is 11.1. The van der Waals surface area contributed by atoms with Crippen molar-refractivity contribution < 1.29 is 23.1 Å². The molecule has 0 aromatic rings. The first kappa shape index (κ1) is 17.9. The molecule has 1 N–H and O–H groups in total. The number of halogens is 2. The van der Waals surface area contributed by atoms with Gasteiger partial charge < -0.3 is 19.9 Å². The lowest BCUT2D eigenvalue weighted by Gasteiger charge is -2.34. The van der Waals surface area contributed by atoms with E-state index in [2.05, 4.69) is 5.32 Å². The molecule has 0 spiro atoms. The van der Waals surface area contributed by atoms with Crippen LogP contribution in [0.4, 0.5) is 13.6 Å². The highest BCUT2D eigenvalue weighted by Crippen LogP contribution is 2.05. The van der Waals surface area contributed by atoms with Gasteiger partial charge in [0.2, 0.25) is 5.91 Å². The number of hydrogen-bond donors (Lipinski definition) is 1. The van der Waals surface area contributed by atoms with Crippen LogP contribution in [0.1, 0.15) is 6.42 Å². The summed E-state index contributed by atoms with van der Waals surface area (Å²) >= 11 is 0. The third-order valence-corrected chi connectivity index (χ3v) is 4.03. The van der Waals surface area contributed by atoms with Crippen LogP contribution in [-0.2, 0) is 9.53 Å². The minimum Gasteiger partial charge on any atom is -0.378 e. The van der Waals surface area contributed by atoms with Crippen LogP contribution in [0.25, 0.3) is 0 Å². The monoisotopic (exact) mass is 334 g/mol.